The summed E-state index contributed by atoms with van der Waals surface area (Å²) in [4.78, 5) is 11.5. The number of rotatable bonds is 4. The first-order valence-corrected chi connectivity index (χ1v) is 5.06. The zero-order valence-electron chi connectivity index (χ0n) is 9.08. The summed E-state index contributed by atoms with van der Waals surface area (Å²) >= 11 is 0. The number of nitrogen functional groups attached to an aromatic ring is 1. The van der Waals surface area contributed by atoms with E-state index in [-0.39, 0.29) is 12.5 Å². The van der Waals surface area contributed by atoms with E-state index >= 15 is 0 Å². The fourth-order valence-corrected chi connectivity index (χ4v) is 1.29. The molecule has 0 aliphatic heterocycles. The van der Waals surface area contributed by atoms with Gasteiger partial charge in [0.15, 0.2) is 0 Å². The molecule has 0 spiro atoms. The van der Waals surface area contributed by atoms with Crippen molar-refractivity contribution in [3.8, 4) is 0 Å². The first kappa shape index (κ1) is 11.1. The lowest BCUT2D eigenvalue weighted by molar-refractivity contribution is -0.122. The predicted octanol–water partition coefficient (Wildman–Crippen LogP) is -0.428. The van der Waals surface area contributed by atoms with Gasteiger partial charge in [-0.1, -0.05) is 12.1 Å². The fraction of sp³-hybridized carbons (Fsp3) is 0.200. The second-order valence-electron chi connectivity index (χ2n) is 3.53. The highest BCUT2D eigenvalue weighted by atomic mass is 16.2. The van der Waals surface area contributed by atoms with Crippen LogP contribution in [0.3, 0.4) is 0 Å². The number of hydrogen-bond donors (Lipinski definition) is 2. The van der Waals surface area contributed by atoms with Crippen molar-refractivity contribution in [3.05, 3.63) is 36.2 Å². The van der Waals surface area contributed by atoms with Gasteiger partial charge in [-0.2, -0.15) is 0 Å². The first-order valence-electron chi connectivity index (χ1n) is 5.06. The van der Waals surface area contributed by atoms with E-state index in [9.17, 15) is 4.79 Å². The van der Waals surface area contributed by atoms with Crippen LogP contribution in [-0.4, -0.2) is 26.1 Å². The quantitative estimate of drug-likeness (QED) is 0.697. The van der Waals surface area contributed by atoms with Gasteiger partial charge in [-0.3, -0.25) is 4.79 Å². The Balaban J connectivity index is 1.82. The molecular formula is C10H12N6O. The molecule has 0 unspecified atom stereocenters. The lowest BCUT2D eigenvalue weighted by Gasteiger charge is -2.05. The second-order valence-corrected chi connectivity index (χ2v) is 3.53. The number of carbonyl (C=O) groups excluding carboxylic acids is 1. The Kier molecular flexibility index (Phi) is 3.29. The van der Waals surface area contributed by atoms with Crippen LogP contribution in [0, 0.1) is 0 Å². The summed E-state index contributed by atoms with van der Waals surface area (Å²) in [6.07, 6.45) is 1.39. The van der Waals surface area contributed by atoms with Gasteiger partial charge < -0.3 is 11.1 Å². The van der Waals surface area contributed by atoms with Crippen LogP contribution < -0.4 is 11.1 Å². The van der Waals surface area contributed by atoms with Crippen molar-refractivity contribution in [2.24, 2.45) is 0 Å². The van der Waals surface area contributed by atoms with Gasteiger partial charge in [0.25, 0.3) is 0 Å². The van der Waals surface area contributed by atoms with Gasteiger partial charge in [0.2, 0.25) is 5.91 Å². The van der Waals surface area contributed by atoms with Gasteiger partial charge in [-0.25, -0.2) is 4.68 Å². The lowest BCUT2D eigenvalue weighted by Crippen LogP contribution is -2.27. The summed E-state index contributed by atoms with van der Waals surface area (Å²) in [6.45, 7) is 0.573. The Morgan fingerprint density at radius 3 is 2.76 bits per heavy atom. The molecule has 2 aromatic rings. The molecule has 7 heteroatoms. The van der Waals surface area contributed by atoms with Gasteiger partial charge in [0, 0.05) is 12.2 Å². The summed E-state index contributed by atoms with van der Waals surface area (Å²) in [6, 6.07) is 7.32. The summed E-state index contributed by atoms with van der Waals surface area (Å²) in [5.74, 6) is -0.144. The van der Waals surface area contributed by atoms with Crippen LogP contribution in [0.15, 0.2) is 30.6 Å². The molecule has 1 heterocycles. The molecule has 0 saturated heterocycles. The zero-order chi connectivity index (χ0) is 12.1. The second kappa shape index (κ2) is 5.06. The number of tetrazole rings is 1. The topological polar surface area (TPSA) is 98.7 Å². The van der Waals surface area contributed by atoms with Crippen molar-refractivity contribution >= 4 is 11.6 Å². The van der Waals surface area contributed by atoms with E-state index in [0.717, 1.165) is 5.56 Å². The summed E-state index contributed by atoms with van der Waals surface area (Å²) < 4.78 is 1.36. The molecule has 0 aliphatic carbocycles. The van der Waals surface area contributed by atoms with Crippen molar-refractivity contribution in [3.63, 3.8) is 0 Å². The fourth-order valence-electron chi connectivity index (χ4n) is 1.29. The summed E-state index contributed by atoms with van der Waals surface area (Å²) in [5, 5.41) is 13.2. The van der Waals surface area contributed by atoms with Crippen molar-refractivity contribution < 1.29 is 4.79 Å². The Hall–Kier alpha value is -2.44. The number of benzene rings is 1. The maximum Gasteiger partial charge on any atom is 0.242 e. The van der Waals surface area contributed by atoms with Gasteiger partial charge in [-0.15, -0.1) is 5.10 Å². The number of nitrogens with one attached hydrogen (secondary N) is 1. The normalized spacial score (nSPS) is 10.1. The zero-order valence-corrected chi connectivity index (χ0v) is 9.08. The number of aromatic nitrogens is 4. The molecule has 0 saturated carbocycles. The molecule has 3 N–H and O–H groups in total. The minimum absolute atomic E-state index is 0.113. The predicted molar refractivity (Wildman–Crippen MR) is 60.5 cm³/mol. The standard InChI is InChI=1S/C10H12N6O/c11-9-3-1-8(2-4-9)5-12-10(17)6-16-7-13-14-15-16/h1-4,7H,5-6,11H2,(H,12,17). The van der Waals surface area contributed by atoms with Crippen molar-refractivity contribution in [2.75, 3.05) is 5.73 Å². The van der Waals surface area contributed by atoms with E-state index in [1.165, 1.54) is 11.0 Å². The molecule has 0 aliphatic rings. The molecule has 0 bridgehead atoms. The van der Waals surface area contributed by atoms with E-state index in [1.807, 2.05) is 12.1 Å². The average molecular weight is 232 g/mol. The van der Waals surface area contributed by atoms with Crippen LogP contribution in [0.1, 0.15) is 5.56 Å². The maximum atomic E-state index is 11.5. The third kappa shape index (κ3) is 3.26. The van der Waals surface area contributed by atoms with E-state index in [4.69, 9.17) is 5.73 Å². The number of nitrogens with zero attached hydrogens (tertiary/aromatic N) is 4. The van der Waals surface area contributed by atoms with Gasteiger partial charge in [0.05, 0.1) is 0 Å². The Morgan fingerprint density at radius 1 is 1.35 bits per heavy atom. The summed E-state index contributed by atoms with van der Waals surface area (Å²) in [5.41, 5.74) is 7.25. The number of nitrogens with two attached hydrogens (primary N) is 1. The Bertz CT molecular complexity index is 478. The van der Waals surface area contributed by atoms with Crippen LogP contribution in [0.2, 0.25) is 0 Å². The molecule has 7 nitrogen and oxygen atoms in total. The number of carbonyl (C=O) groups is 1. The van der Waals surface area contributed by atoms with Gasteiger partial charge in [-0.05, 0) is 28.1 Å². The van der Waals surface area contributed by atoms with E-state index in [0.29, 0.717) is 12.2 Å². The molecule has 17 heavy (non-hydrogen) atoms. The van der Waals surface area contributed by atoms with Crippen molar-refractivity contribution in [2.45, 2.75) is 13.1 Å². The Labute approximate surface area is 97.6 Å². The highest BCUT2D eigenvalue weighted by Gasteiger charge is 2.03. The van der Waals surface area contributed by atoms with Crippen LogP contribution in [0.25, 0.3) is 0 Å². The average Bonchev–Trinajstić information content (AvgIpc) is 2.81. The van der Waals surface area contributed by atoms with Crippen LogP contribution in [0.5, 0.6) is 0 Å². The summed E-state index contributed by atoms with van der Waals surface area (Å²) in [7, 11) is 0. The smallest absolute Gasteiger partial charge is 0.242 e. The first-order chi connectivity index (χ1) is 8.24. The molecule has 0 fully saturated rings. The SMILES string of the molecule is Nc1ccc(CNC(=O)Cn2cnnn2)cc1. The maximum absolute atomic E-state index is 11.5. The number of hydrogen-bond acceptors (Lipinski definition) is 5. The highest BCUT2D eigenvalue weighted by molar-refractivity contribution is 5.75. The van der Waals surface area contributed by atoms with E-state index in [1.54, 1.807) is 12.1 Å². The third-order valence-corrected chi connectivity index (χ3v) is 2.17. The lowest BCUT2D eigenvalue weighted by atomic mass is 10.2. The van der Waals surface area contributed by atoms with Gasteiger partial charge >= 0.3 is 0 Å². The molecule has 1 amide bonds. The molecular weight excluding hydrogens is 220 g/mol. The van der Waals surface area contributed by atoms with Crippen LogP contribution >= 0.6 is 0 Å². The number of anilines is 1. The highest BCUT2D eigenvalue weighted by Crippen LogP contribution is 2.04. The minimum Gasteiger partial charge on any atom is -0.399 e. The van der Waals surface area contributed by atoms with E-state index < -0.39 is 0 Å². The van der Waals surface area contributed by atoms with Crippen molar-refractivity contribution in [1.82, 2.24) is 25.5 Å². The largest absolute Gasteiger partial charge is 0.399 e. The molecule has 88 valence electrons. The van der Waals surface area contributed by atoms with Crippen LogP contribution in [0.4, 0.5) is 5.69 Å². The monoisotopic (exact) mass is 232 g/mol. The molecule has 0 atom stereocenters. The van der Waals surface area contributed by atoms with Crippen molar-refractivity contribution in [1.29, 1.82) is 0 Å². The molecule has 0 radical (unpaired) electrons. The minimum atomic E-state index is -0.144. The molecule has 2 rings (SSSR count). The molecule has 1 aromatic heterocycles. The van der Waals surface area contributed by atoms with Gasteiger partial charge in [0.1, 0.15) is 12.9 Å². The van der Waals surface area contributed by atoms with Crippen LogP contribution in [-0.2, 0) is 17.9 Å². The molecule has 1 aromatic carbocycles. The van der Waals surface area contributed by atoms with E-state index in [2.05, 4.69) is 20.8 Å². The number of amides is 1. The third-order valence-electron chi connectivity index (χ3n) is 2.17. The Morgan fingerprint density at radius 2 is 2.12 bits per heavy atom.